The van der Waals surface area contributed by atoms with E-state index in [0.29, 0.717) is 28.9 Å². The number of amides is 2. The van der Waals surface area contributed by atoms with E-state index in [2.05, 4.69) is 24.5 Å². The first-order chi connectivity index (χ1) is 11.0. The number of carbonyl (C=O) groups excluding carboxylic acids is 1. The molecule has 2 aromatic carbocycles. The van der Waals surface area contributed by atoms with Crippen LogP contribution < -0.4 is 15.4 Å². The predicted molar refractivity (Wildman–Crippen MR) is 95.5 cm³/mol. The van der Waals surface area contributed by atoms with Crippen LogP contribution in [0.5, 0.6) is 5.75 Å². The van der Waals surface area contributed by atoms with Gasteiger partial charge in [-0.1, -0.05) is 25.4 Å². The molecule has 0 aliphatic rings. The molecular weight excluding hydrogens is 312 g/mol. The van der Waals surface area contributed by atoms with Crippen molar-refractivity contribution in [1.29, 1.82) is 0 Å². The van der Waals surface area contributed by atoms with Crippen LogP contribution in [0.1, 0.15) is 20.3 Å². The number of hydrogen-bond donors (Lipinski definition) is 2. The number of rotatable bonds is 6. The van der Waals surface area contributed by atoms with Gasteiger partial charge in [-0.2, -0.15) is 0 Å². The molecule has 0 radical (unpaired) electrons. The van der Waals surface area contributed by atoms with Gasteiger partial charge in [-0.15, -0.1) is 0 Å². The molecule has 2 rings (SSSR count). The van der Waals surface area contributed by atoms with Crippen molar-refractivity contribution in [3.05, 3.63) is 53.6 Å². The summed E-state index contributed by atoms with van der Waals surface area (Å²) in [5.41, 5.74) is 1.38. The first-order valence-electron chi connectivity index (χ1n) is 7.59. The van der Waals surface area contributed by atoms with Gasteiger partial charge in [-0.05, 0) is 60.9 Å². The summed E-state index contributed by atoms with van der Waals surface area (Å²) in [6, 6.07) is 13.9. The summed E-state index contributed by atoms with van der Waals surface area (Å²) < 4.78 is 5.64. The molecule has 2 N–H and O–H groups in total. The standard InChI is InChI=1S/C18H21ClN2O2/c1-13(2)11-12-23-17-9-7-16(8-10-17)21-18(22)20-15-5-3-14(19)4-6-15/h3-10,13H,11-12H2,1-2H3,(H2,20,21,22). The zero-order valence-corrected chi connectivity index (χ0v) is 14.1. The van der Waals surface area contributed by atoms with Crippen molar-refractivity contribution in [2.45, 2.75) is 20.3 Å². The molecule has 0 aliphatic carbocycles. The van der Waals surface area contributed by atoms with Crippen molar-refractivity contribution in [3.8, 4) is 5.75 Å². The fraction of sp³-hybridized carbons (Fsp3) is 0.278. The van der Waals surface area contributed by atoms with Gasteiger partial charge in [0.15, 0.2) is 0 Å². The second kappa shape index (κ2) is 8.44. The molecule has 2 aromatic rings. The molecule has 0 fully saturated rings. The first-order valence-corrected chi connectivity index (χ1v) is 7.97. The normalized spacial score (nSPS) is 10.4. The zero-order chi connectivity index (χ0) is 16.7. The summed E-state index contributed by atoms with van der Waals surface area (Å²) in [7, 11) is 0. The Labute approximate surface area is 141 Å². The van der Waals surface area contributed by atoms with Crippen LogP contribution in [0.3, 0.4) is 0 Å². The maximum atomic E-state index is 11.9. The van der Waals surface area contributed by atoms with E-state index in [1.807, 2.05) is 24.3 Å². The smallest absolute Gasteiger partial charge is 0.323 e. The fourth-order valence-electron chi connectivity index (χ4n) is 1.87. The highest BCUT2D eigenvalue weighted by Crippen LogP contribution is 2.17. The van der Waals surface area contributed by atoms with Crippen LogP contribution >= 0.6 is 11.6 Å². The Kier molecular flexibility index (Phi) is 6.29. The molecule has 0 aliphatic heterocycles. The highest BCUT2D eigenvalue weighted by molar-refractivity contribution is 6.30. The molecular formula is C18H21ClN2O2. The maximum absolute atomic E-state index is 11.9. The molecule has 0 saturated heterocycles. The lowest BCUT2D eigenvalue weighted by molar-refractivity contribution is 0.262. The lowest BCUT2D eigenvalue weighted by Gasteiger charge is -2.10. The van der Waals surface area contributed by atoms with Crippen LogP contribution in [0, 0.1) is 5.92 Å². The van der Waals surface area contributed by atoms with Gasteiger partial charge in [0.2, 0.25) is 0 Å². The monoisotopic (exact) mass is 332 g/mol. The topological polar surface area (TPSA) is 50.4 Å². The van der Waals surface area contributed by atoms with Crippen molar-refractivity contribution < 1.29 is 9.53 Å². The minimum Gasteiger partial charge on any atom is -0.494 e. The third kappa shape index (κ3) is 6.20. The molecule has 0 spiro atoms. The van der Waals surface area contributed by atoms with Crippen molar-refractivity contribution in [2.75, 3.05) is 17.2 Å². The number of ether oxygens (including phenoxy) is 1. The molecule has 0 atom stereocenters. The third-order valence-corrected chi connectivity index (χ3v) is 3.43. The van der Waals surface area contributed by atoms with Crippen LogP contribution in [0.15, 0.2) is 48.5 Å². The van der Waals surface area contributed by atoms with Gasteiger partial charge in [0.25, 0.3) is 0 Å². The van der Waals surface area contributed by atoms with Crippen molar-refractivity contribution in [2.24, 2.45) is 5.92 Å². The molecule has 2 amide bonds. The Morgan fingerprint density at radius 1 is 1.00 bits per heavy atom. The minimum atomic E-state index is -0.305. The van der Waals surface area contributed by atoms with Crippen LogP contribution in [-0.4, -0.2) is 12.6 Å². The second-order valence-corrected chi connectivity index (χ2v) is 6.08. The molecule has 0 unspecified atom stereocenters. The molecule has 23 heavy (non-hydrogen) atoms. The van der Waals surface area contributed by atoms with Crippen LogP contribution in [0.25, 0.3) is 0 Å². The van der Waals surface area contributed by atoms with E-state index in [0.717, 1.165) is 12.2 Å². The quantitative estimate of drug-likeness (QED) is 0.743. The molecule has 0 bridgehead atoms. The number of benzene rings is 2. The number of carbonyl (C=O) groups is 1. The van der Waals surface area contributed by atoms with E-state index in [9.17, 15) is 4.79 Å². The van der Waals surface area contributed by atoms with E-state index >= 15 is 0 Å². The summed E-state index contributed by atoms with van der Waals surface area (Å²) in [5.74, 6) is 1.42. The van der Waals surface area contributed by atoms with E-state index in [4.69, 9.17) is 16.3 Å². The van der Waals surface area contributed by atoms with Crippen molar-refractivity contribution in [1.82, 2.24) is 0 Å². The van der Waals surface area contributed by atoms with Gasteiger partial charge in [-0.25, -0.2) is 4.79 Å². The number of nitrogens with one attached hydrogen (secondary N) is 2. The van der Waals surface area contributed by atoms with Gasteiger partial charge in [0.05, 0.1) is 6.61 Å². The highest BCUT2D eigenvalue weighted by atomic mass is 35.5. The summed E-state index contributed by atoms with van der Waals surface area (Å²) in [6.07, 6.45) is 1.02. The average Bonchev–Trinajstić information content (AvgIpc) is 2.51. The minimum absolute atomic E-state index is 0.305. The molecule has 0 saturated carbocycles. The van der Waals surface area contributed by atoms with Crippen molar-refractivity contribution in [3.63, 3.8) is 0 Å². The average molecular weight is 333 g/mol. The van der Waals surface area contributed by atoms with Crippen molar-refractivity contribution >= 4 is 29.0 Å². The summed E-state index contributed by atoms with van der Waals surface area (Å²) in [5, 5.41) is 6.14. The molecule has 5 heteroatoms. The number of hydrogen-bond acceptors (Lipinski definition) is 2. The van der Waals surface area contributed by atoms with E-state index in [1.165, 1.54) is 0 Å². The second-order valence-electron chi connectivity index (χ2n) is 5.64. The summed E-state index contributed by atoms with van der Waals surface area (Å²) in [4.78, 5) is 11.9. The molecule has 122 valence electrons. The lowest BCUT2D eigenvalue weighted by Crippen LogP contribution is -2.19. The van der Waals surface area contributed by atoms with Crippen LogP contribution in [-0.2, 0) is 0 Å². The Bertz CT molecular complexity index is 624. The van der Waals surface area contributed by atoms with Crippen LogP contribution in [0.2, 0.25) is 5.02 Å². The van der Waals surface area contributed by atoms with E-state index in [1.54, 1.807) is 24.3 Å². The van der Waals surface area contributed by atoms with E-state index < -0.39 is 0 Å². The van der Waals surface area contributed by atoms with Crippen LogP contribution in [0.4, 0.5) is 16.2 Å². The zero-order valence-electron chi connectivity index (χ0n) is 13.3. The lowest BCUT2D eigenvalue weighted by atomic mass is 10.1. The van der Waals surface area contributed by atoms with Gasteiger partial charge in [-0.3, -0.25) is 0 Å². The Morgan fingerprint density at radius 2 is 1.52 bits per heavy atom. The Morgan fingerprint density at radius 3 is 2.04 bits per heavy atom. The highest BCUT2D eigenvalue weighted by Gasteiger charge is 2.03. The number of anilines is 2. The fourth-order valence-corrected chi connectivity index (χ4v) is 2.00. The molecule has 4 nitrogen and oxygen atoms in total. The number of urea groups is 1. The van der Waals surface area contributed by atoms with Gasteiger partial charge in [0, 0.05) is 16.4 Å². The number of halogens is 1. The SMILES string of the molecule is CC(C)CCOc1ccc(NC(=O)Nc2ccc(Cl)cc2)cc1. The molecule has 0 aromatic heterocycles. The summed E-state index contributed by atoms with van der Waals surface area (Å²) >= 11 is 5.81. The largest absolute Gasteiger partial charge is 0.494 e. The summed E-state index contributed by atoms with van der Waals surface area (Å²) in [6.45, 7) is 5.02. The first kappa shape index (κ1) is 17.2. The van der Waals surface area contributed by atoms with Gasteiger partial charge >= 0.3 is 6.03 Å². The van der Waals surface area contributed by atoms with E-state index in [-0.39, 0.29) is 6.03 Å². The van der Waals surface area contributed by atoms with Gasteiger partial charge in [0.1, 0.15) is 5.75 Å². The third-order valence-electron chi connectivity index (χ3n) is 3.18. The van der Waals surface area contributed by atoms with Gasteiger partial charge < -0.3 is 15.4 Å². The Balaban J connectivity index is 1.82. The Hall–Kier alpha value is -2.20. The molecule has 0 heterocycles. The maximum Gasteiger partial charge on any atom is 0.323 e. The predicted octanol–water partition coefficient (Wildman–Crippen LogP) is 5.41.